The Hall–Kier alpha value is -2.60. The van der Waals surface area contributed by atoms with Crippen molar-refractivity contribution in [1.82, 2.24) is 39.0 Å². The van der Waals surface area contributed by atoms with E-state index in [-0.39, 0.29) is 34.1 Å². The molecular formula is C20H23N9O12P2S2. The second kappa shape index (κ2) is 11.0. The lowest BCUT2D eigenvalue weighted by atomic mass is 10.1. The van der Waals surface area contributed by atoms with E-state index in [2.05, 4.69) is 29.9 Å². The summed E-state index contributed by atoms with van der Waals surface area (Å²) in [5, 5.41) is 22.5. The Morgan fingerprint density at radius 1 is 0.889 bits per heavy atom. The minimum atomic E-state index is -4.40. The Balaban J connectivity index is 1.21. The van der Waals surface area contributed by atoms with E-state index in [4.69, 9.17) is 56.9 Å². The average molecular weight is 708 g/mol. The number of aliphatic hydroxyl groups is 2. The summed E-state index contributed by atoms with van der Waals surface area (Å²) in [6.45, 7) is -7.63. The number of imidazole rings is 2. The molecule has 7 heterocycles. The van der Waals surface area contributed by atoms with E-state index in [1.807, 2.05) is 0 Å². The van der Waals surface area contributed by atoms with Gasteiger partial charge in [-0.15, -0.1) is 0 Å². The minimum absolute atomic E-state index is 0.0245. The standard InChI is InChI=1S/C20H23N9O12P2S2/c1-5-24-13-7(15(32)25-5)22-3-28(13)17-9(30)11-6(37-17)2-36-42(34,44)40-12-10(31)18(38-19(12)41-43(35,45)39-11)29-4-23-8-14(29)26-20(21)27-16(8)33/h3-4,6,9-12,17-19,30-31H,2H2,1H3,(H,34,44)(H,35,45)(H,24,25,32)(H3,21,26,27,33)/t6-,9?,10?,11+,12-,17-,18-,19-,42?,43?/m1/s1. The molecule has 0 spiro atoms. The number of aromatic nitrogens is 8. The van der Waals surface area contributed by atoms with E-state index in [1.165, 1.54) is 10.9 Å². The summed E-state index contributed by atoms with van der Waals surface area (Å²) in [4.78, 5) is 67.8. The van der Waals surface area contributed by atoms with Gasteiger partial charge in [0.2, 0.25) is 5.95 Å². The molecule has 0 aliphatic carbocycles. The van der Waals surface area contributed by atoms with Gasteiger partial charge in [0.1, 0.15) is 36.3 Å². The Morgan fingerprint density at radius 2 is 1.47 bits per heavy atom. The summed E-state index contributed by atoms with van der Waals surface area (Å²) in [6, 6.07) is 0. The van der Waals surface area contributed by atoms with Gasteiger partial charge in [-0.1, -0.05) is 0 Å². The molecule has 4 unspecified atom stereocenters. The molecule has 242 valence electrons. The van der Waals surface area contributed by atoms with Gasteiger partial charge < -0.3 is 44.7 Å². The number of nitrogen functional groups attached to an aromatic ring is 1. The van der Waals surface area contributed by atoms with E-state index in [1.54, 1.807) is 6.92 Å². The maximum Gasteiger partial charge on any atom is 0.327 e. The van der Waals surface area contributed by atoms with Gasteiger partial charge >= 0.3 is 13.4 Å². The fraction of sp³-hybridized carbons (Fsp3) is 0.500. The molecule has 21 nitrogen and oxygen atoms in total. The molecule has 4 aromatic rings. The highest BCUT2D eigenvalue weighted by Crippen LogP contribution is 2.56. The molecule has 4 aromatic heterocycles. The lowest BCUT2D eigenvalue weighted by molar-refractivity contribution is -0.130. The molecule has 0 amide bonds. The molecule has 0 saturated carbocycles. The predicted octanol–water partition coefficient (Wildman–Crippen LogP) is -2.13. The van der Waals surface area contributed by atoms with Crippen LogP contribution in [0.5, 0.6) is 0 Å². The van der Waals surface area contributed by atoms with Crippen molar-refractivity contribution < 1.29 is 47.6 Å². The molecule has 8 N–H and O–H groups in total. The molecule has 45 heavy (non-hydrogen) atoms. The van der Waals surface area contributed by atoms with Crippen LogP contribution in [-0.4, -0.2) is 102 Å². The summed E-state index contributed by atoms with van der Waals surface area (Å²) < 4.78 is 36.6. The fourth-order valence-electron chi connectivity index (χ4n) is 5.27. The highest BCUT2D eigenvalue weighted by molar-refractivity contribution is 8.07. The highest BCUT2D eigenvalue weighted by Gasteiger charge is 2.54. The van der Waals surface area contributed by atoms with Crippen LogP contribution in [0.3, 0.4) is 0 Å². The summed E-state index contributed by atoms with van der Waals surface area (Å²) in [5.74, 6) is 0.0323. The van der Waals surface area contributed by atoms with Gasteiger partial charge in [-0.25, -0.2) is 15.0 Å². The van der Waals surface area contributed by atoms with Crippen LogP contribution >= 0.6 is 13.4 Å². The number of aryl methyl sites for hydroxylation is 1. The van der Waals surface area contributed by atoms with Crippen molar-refractivity contribution in [3.63, 3.8) is 0 Å². The Kier molecular flexibility index (Phi) is 7.58. The summed E-state index contributed by atoms with van der Waals surface area (Å²) in [7, 11) is 0. The zero-order chi connectivity index (χ0) is 32.0. The van der Waals surface area contributed by atoms with Crippen LogP contribution in [0.4, 0.5) is 5.95 Å². The van der Waals surface area contributed by atoms with E-state index in [0.717, 1.165) is 10.9 Å². The monoisotopic (exact) mass is 707 g/mol. The third-order valence-corrected chi connectivity index (χ3v) is 10.2. The van der Waals surface area contributed by atoms with Crippen molar-refractivity contribution in [2.75, 3.05) is 12.3 Å². The lowest BCUT2D eigenvalue weighted by Gasteiger charge is -2.27. The normalized spacial score (nSPS) is 37.4. The van der Waals surface area contributed by atoms with Crippen molar-refractivity contribution in [2.45, 2.75) is 56.2 Å². The second-order valence-corrected chi connectivity index (χ2v) is 15.7. The molecule has 0 radical (unpaired) electrons. The smallest absolute Gasteiger partial charge is 0.327 e. The zero-order valence-electron chi connectivity index (χ0n) is 22.5. The number of nitrogens with one attached hydrogen (secondary N) is 2. The second-order valence-electron chi connectivity index (χ2n) is 10.2. The van der Waals surface area contributed by atoms with E-state index >= 15 is 0 Å². The SMILES string of the molecule is Cc1nc2c(ncn2[C@@H]2O[C@@H]3COP(O)(=S)O[C@@H]4C(O)[C@H](n5cnc6c(=O)[nH]c(N)nc65)O[C@@H]4OP(O)(=S)O[C@@H]3C2O)c(=O)[nH]1. The number of nitrogens with two attached hydrogens (primary N) is 1. The van der Waals surface area contributed by atoms with Crippen LogP contribution in [0, 0.1) is 6.92 Å². The van der Waals surface area contributed by atoms with Crippen molar-refractivity contribution >= 4 is 65.3 Å². The molecule has 0 bridgehead atoms. The molecule has 7 rings (SSSR count). The van der Waals surface area contributed by atoms with E-state index in [0.29, 0.717) is 0 Å². The number of nitrogens with zero attached hydrogens (tertiary/aromatic N) is 6. The third kappa shape index (κ3) is 5.47. The first-order valence-corrected chi connectivity index (χ1v) is 18.1. The van der Waals surface area contributed by atoms with Gasteiger partial charge in [-0.05, 0) is 30.5 Å². The number of fused-ring (bicyclic) bond motifs is 4. The van der Waals surface area contributed by atoms with Crippen LogP contribution in [0.1, 0.15) is 18.3 Å². The number of rotatable bonds is 2. The predicted molar refractivity (Wildman–Crippen MR) is 155 cm³/mol. The number of aliphatic hydroxyl groups excluding tert-OH is 2. The first-order valence-electron chi connectivity index (χ1n) is 12.9. The largest absolute Gasteiger partial charge is 0.386 e. The van der Waals surface area contributed by atoms with E-state index < -0.39 is 80.4 Å². The van der Waals surface area contributed by atoms with Gasteiger partial charge in [-0.3, -0.25) is 37.3 Å². The van der Waals surface area contributed by atoms with Crippen LogP contribution in [0.2, 0.25) is 0 Å². The molecular weight excluding hydrogens is 684 g/mol. The number of ether oxygens (including phenoxy) is 2. The molecule has 3 aliphatic rings. The Morgan fingerprint density at radius 3 is 2.16 bits per heavy atom. The lowest BCUT2D eigenvalue weighted by Crippen LogP contribution is -2.36. The van der Waals surface area contributed by atoms with Crippen molar-refractivity contribution in [2.24, 2.45) is 0 Å². The summed E-state index contributed by atoms with van der Waals surface area (Å²) >= 11 is 10.4. The van der Waals surface area contributed by atoms with Gasteiger partial charge in [-0.2, -0.15) is 4.98 Å². The molecule has 3 saturated heterocycles. The highest BCUT2D eigenvalue weighted by atomic mass is 32.5. The number of aromatic amines is 2. The summed E-state index contributed by atoms with van der Waals surface area (Å²) in [5.41, 5.74) is 4.36. The van der Waals surface area contributed by atoms with Gasteiger partial charge in [0.25, 0.3) is 11.1 Å². The Labute approximate surface area is 259 Å². The molecule has 10 atom stereocenters. The number of hydrogen-bond donors (Lipinski definition) is 7. The zero-order valence-corrected chi connectivity index (χ0v) is 25.9. The Bertz CT molecular complexity index is 2040. The number of H-pyrrole nitrogens is 2. The maximum atomic E-state index is 12.3. The summed E-state index contributed by atoms with van der Waals surface area (Å²) in [6.07, 6.45) is -9.66. The molecule has 3 aliphatic heterocycles. The fourth-order valence-corrected chi connectivity index (χ4v) is 8.28. The number of hydrogen-bond acceptors (Lipinski definition) is 17. The van der Waals surface area contributed by atoms with Crippen molar-refractivity contribution in [3.05, 3.63) is 39.2 Å². The molecule has 25 heteroatoms. The van der Waals surface area contributed by atoms with Crippen LogP contribution in [0.25, 0.3) is 22.3 Å². The van der Waals surface area contributed by atoms with Gasteiger partial charge in [0, 0.05) is 0 Å². The average Bonchev–Trinajstić information content (AvgIpc) is 3.69. The van der Waals surface area contributed by atoms with Crippen LogP contribution < -0.4 is 16.9 Å². The van der Waals surface area contributed by atoms with Crippen LogP contribution in [-0.2, 0) is 51.2 Å². The number of anilines is 1. The maximum absolute atomic E-state index is 12.3. The van der Waals surface area contributed by atoms with Crippen molar-refractivity contribution in [3.8, 4) is 0 Å². The first-order chi connectivity index (χ1) is 21.2. The molecule has 0 aromatic carbocycles. The van der Waals surface area contributed by atoms with Crippen LogP contribution in [0.15, 0.2) is 22.2 Å². The third-order valence-electron chi connectivity index (χ3n) is 7.18. The quantitative estimate of drug-likeness (QED) is 0.109. The first kappa shape index (κ1) is 31.0. The topological polar surface area (TPSA) is 289 Å². The van der Waals surface area contributed by atoms with E-state index in [9.17, 15) is 29.6 Å². The van der Waals surface area contributed by atoms with Gasteiger partial charge in [0.05, 0.1) is 19.3 Å². The minimum Gasteiger partial charge on any atom is -0.386 e. The van der Waals surface area contributed by atoms with Crippen molar-refractivity contribution in [1.29, 1.82) is 0 Å². The molecule has 3 fully saturated rings. The van der Waals surface area contributed by atoms with Gasteiger partial charge in [0.15, 0.2) is 41.1 Å².